The summed E-state index contributed by atoms with van der Waals surface area (Å²) in [5.74, 6) is 5.63. The van der Waals surface area contributed by atoms with E-state index in [2.05, 4.69) is 32.3 Å². The fourth-order valence-corrected chi connectivity index (χ4v) is 5.23. The number of piperidine rings is 2. The van der Waals surface area contributed by atoms with Gasteiger partial charge in [0.2, 0.25) is 5.91 Å². The Morgan fingerprint density at radius 2 is 1.74 bits per heavy atom. The molecular formula is C24H30N6O. The minimum absolute atomic E-state index is 0.181. The maximum atomic E-state index is 11.7. The largest absolute Gasteiger partial charge is 0.356 e. The molecule has 0 bridgehead atoms. The van der Waals surface area contributed by atoms with E-state index in [0.717, 1.165) is 74.0 Å². The third-order valence-electron chi connectivity index (χ3n) is 7.47. The van der Waals surface area contributed by atoms with E-state index in [4.69, 9.17) is 4.98 Å². The van der Waals surface area contributed by atoms with Gasteiger partial charge in [-0.3, -0.25) is 9.78 Å². The zero-order valence-electron chi connectivity index (χ0n) is 18.1. The van der Waals surface area contributed by atoms with E-state index in [9.17, 15) is 4.79 Å². The molecule has 7 nitrogen and oxygen atoms in total. The van der Waals surface area contributed by atoms with Gasteiger partial charge in [0.25, 0.3) is 0 Å². The first-order valence-electron chi connectivity index (χ1n) is 11.7. The predicted molar refractivity (Wildman–Crippen MR) is 120 cm³/mol. The van der Waals surface area contributed by atoms with Crippen molar-refractivity contribution in [1.82, 2.24) is 19.9 Å². The van der Waals surface area contributed by atoms with Gasteiger partial charge in [-0.2, -0.15) is 0 Å². The molecule has 2 saturated heterocycles. The van der Waals surface area contributed by atoms with Crippen LogP contribution in [0.4, 0.5) is 17.5 Å². The Hall–Kier alpha value is -2.70. The molecule has 2 aromatic heterocycles. The lowest BCUT2D eigenvalue weighted by Crippen LogP contribution is -2.36. The second-order valence-corrected chi connectivity index (χ2v) is 9.81. The summed E-state index contributed by atoms with van der Waals surface area (Å²) < 4.78 is 0. The van der Waals surface area contributed by atoms with Gasteiger partial charge >= 0.3 is 0 Å². The summed E-state index contributed by atoms with van der Waals surface area (Å²) in [6.45, 7) is 5.59. The average Bonchev–Trinajstić information content (AvgIpc) is 3.73. The van der Waals surface area contributed by atoms with Crippen molar-refractivity contribution in [2.45, 2.75) is 50.9 Å². The van der Waals surface area contributed by atoms with E-state index in [-0.39, 0.29) is 5.91 Å². The molecule has 4 aliphatic rings. The quantitative estimate of drug-likeness (QED) is 0.799. The standard InChI is InChI=1S/C24H30N6O/c1-15(31)29-6-4-16(5-7-29)18-9-22(27-23-12-25-21(11-26-23)17-2-3-17)28-24(10-18)30-13-19-8-20(19)14-30/h9-12,16-17,19-20H,2-8,13-14H2,1H3,(H,26,27,28). The van der Waals surface area contributed by atoms with Crippen LogP contribution in [0.2, 0.25) is 0 Å². The van der Waals surface area contributed by atoms with Gasteiger partial charge in [-0.05, 0) is 67.6 Å². The number of nitrogens with zero attached hydrogens (tertiary/aromatic N) is 5. The van der Waals surface area contributed by atoms with E-state index >= 15 is 0 Å². The average molecular weight is 419 g/mol. The van der Waals surface area contributed by atoms with Crippen LogP contribution in [0.1, 0.15) is 62.1 Å². The zero-order valence-corrected chi connectivity index (χ0v) is 18.1. The molecular weight excluding hydrogens is 388 g/mol. The number of likely N-dealkylation sites (tertiary alicyclic amines) is 1. The molecule has 31 heavy (non-hydrogen) atoms. The summed E-state index contributed by atoms with van der Waals surface area (Å²) in [6.07, 6.45) is 9.58. The van der Waals surface area contributed by atoms with Gasteiger partial charge in [0.15, 0.2) is 0 Å². The zero-order chi connectivity index (χ0) is 20.9. The number of carbonyl (C=O) groups excluding carboxylic acids is 1. The molecule has 7 heteroatoms. The van der Waals surface area contributed by atoms with Crippen molar-refractivity contribution < 1.29 is 4.79 Å². The van der Waals surface area contributed by atoms with Crippen molar-refractivity contribution in [3.8, 4) is 0 Å². The molecule has 1 amide bonds. The van der Waals surface area contributed by atoms with E-state index in [1.807, 2.05) is 17.3 Å². The summed E-state index contributed by atoms with van der Waals surface area (Å²) >= 11 is 0. The van der Waals surface area contributed by atoms with Gasteiger partial charge in [0.1, 0.15) is 17.5 Å². The van der Waals surface area contributed by atoms with Crippen LogP contribution >= 0.6 is 0 Å². The van der Waals surface area contributed by atoms with Crippen molar-refractivity contribution in [2.75, 3.05) is 36.4 Å². The first kappa shape index (κ1) is 19.0. The van der Waals surface area contributed by atoms with Crippen molar-refractivity contribution >= 4 is 23.4 Å². The third-order valence-corrected chi connectivity index (χ3v) is 7.47. The highest BCUT2D eigenvalue weighted by molar-refractivity contribution is 5.73. The number of hydrogen-bond donors (Lipinski definition) is 1. The van der Waals surface area contributed by atoms with Crippen molar-refractivity contribution in [3.63, 3.8) is 0 Å². The Labute approximate surface area is 183 Å². The Balaban J connectivity index is 1.24. The normalized spacial score (nSPS) is 25.5. The second kappa shape index (κ2) is 7.46. The molecule has 2 aromatic rings. The van der Waals surface area contributed by atoms with Crippen molar-refractivity contribution in [2.24, 2.45) is 11.8 Å². The van der Waals surface area contributed by atoms with E-state index in [1.54, 1.807) is 6.92 Å². The third kappa shape index (κ3) is 3.98. The second-order valence-electron chi connectivity index (χ2n) is 9.81. The van der Waals surface area contributed by atoms with Crippen LogP contribution in [-0.2, 0) is 4.79 Å². The van der Waals surface area contributed by atoms with Gasteiger partial charge in [-0.1, -0.05) is 0 Å². The molecule has 6 rings (SSSR count). The van der Waals surface area contributed by atoms with Crippen LogP contribution < -0.4 is 10.2 Å². The van der Waals surface area contributed by atoms with Crippen LogP contribution in [0.3, 0.4) is 0 Å². The first-order chi connectivity index (χ1) is 15.1. The predicted octanol–water partition coefficient (Wildman–Crippen LogP) is 3.67. The minimum Gasteiger partial charge on any atom is -0.356 e. The van der Waals surface area contributed by atoms with E-state index in [0.29, 0.717) is 11.8 Å². The number of carbonyl (C=O) groups is 1. The van der Waals surface area contributed by atoms with Gasteiger partial charge in [0.05, 0.1) is 18.1 Å². The van der Waals surface area contributed by atoms with Gasteiger partial charge in [-0.15, -0.1) is 0 Å². The number of rotatable bonds is 5. The molecule has 2 unspecified atom stereocenters. The molecule has 2 aliphatic heterocycles. The lowest BCUT2D eigenvalue weighted by Gasteiger charge is -2.32. The van der Waals surface area contributed by atoms with Crippen molar-refractivity contribution in [3.05, 3.63) is 35.8 Å². The van der Waals surface area contributed by atoms with Gasteiger partial charge in [0, 0.05) is 39.0 Å². The van der Waals surface area contributed by atoms with E-state index < -0.39 is 0 Å². The number of fused-ring (bicyclic) bond motifs is 1. The minimum atomic E-state index is 0.181. The number of aromatic nitrogens is 3. The molecule has 1 N–H and O–H groups in total. The lowest BCUT2D eigenvalue weighted by molar-refractivity contribution is -0.129. The molecule has 0 spiro atoms. The number of hydrogen-bond acceptors (Lipinski definition) is 6. The Bertz CT molecular complexity index is 970. The maximum Gasteiger partial charge on any atom is 0.219 e. The molecule has 0 aromatic carbocycles. The fraction of sp³-hybridized carbons (Fsp3) is 0.583. The van der Waals surface area contributed by atoms with Gasteiger partial charge in [-0.25, -0.2) is 9.97 Å². The highest BCUT2D eigenvalue weighted by atomic mass is 16.2. The highest BCUT2D eigenvalue weighted by Gasteiger charge is 2.45. The van der Waals surface area contributed by atoms with Crippen LogP contribution in [0.5, 0.6) is 0 Å². The number of pyridine rings is 1. The highest BCUT2D eigenvalue weighted by Crippen LogP contribution is 2.46. The van der Waals surface area contributed by atoms with Gasteiger partial charge < -0.3 is 15.1 Å². The molecule has 4 heterocycles. The summed E-state index contributed by atoms with van der Waals surface area (Å²) in [7, 11) is 0. The summed E-state index contributed by atoms with van der Waals surface area (Å²) in [4.78, 5) is 30.3. The number of nitrogens with one attached hydrogen (secondary N) is 1. The molecule has 2 saturated carbocycles. The molecule has 162 valence electrons. The number of amides is 1. The van der Waals surface area contributed by atoms with Crippen LogP contribution in [0.25, 0.3) is 0 Å². The molecule has 4 fully saturated rings. The summed E-state index contributed by atoms with van der Waals surface area (Å²) in [5, 5.41) is 3.41. The van der Waals surface area contributed by atoms with Crippen LogP contribution in [0.15, 0.2) is 24.5 Å². The molecule has 2 aliphatic carbocycles. The fourth-order valence-electron chi connectivity index (χ4n) is 5.23. The monoisotopic (exact) mass is 418 g/mol. The molecule has 0 radical (unpaired) electrons. The summed E-state index contributed by atoms with van der Waals surface area (Å²) in [6, 6.07) is 4.46. The smallest absolute Gasteiger partial charge is 0.219 e. The van der Waals surface area contributed by atoms with Crippen LogP contribution in [0, 0.1) is 11.8 Å². The van der Waals surface area contributed by atoms with Crippen molar-refractivity contribution in [1.29, 1.82) is 0 Å². The SMILES string of the molecule is CC(=O)N1CCC(c2cc(Nc3cnc(C4CC4)cn3)nc(N3CC4CC4C3)c2)CC1. The van der Waals surface area contributed by atoms with Crippen LogP contribution in [-0.4, -0.2) is 51.9 Å². The number of anilines is 3. The first-order valence-corrected chi connectivity index (χ1v) is 11.7. The summed E-state index contributed by atoms with van der Waals surface area (Å²) in [5.41, 5.74) is 2.42. The topological polar surface area (TPSA) is 74.2 Å². The lowest BCUT2D eigenvalue weighted by atomic mass is 9.89. The Morgan fingerprint density at radius 3 is 2.39 bits per heavy atom. The Kier molecular flexibility index (Phi) is 4.58. The Morgan fingerprint density at radius 1 is 0.968 bits per heavy atom. The maximum absolute atomic E-state index is 11.7. The van der Waals surface area contributed by atoms with E-state index in [1.165, 1.54) is 24.8 Å². The molecule has 2 atom stereocenters.